The van der Waals surface area contributed by atoms with Crippen molar-refractivity contribution < 1.29 is 4.84 Å². The zero-order valence-corrected chi connectivity index (χ0v) is 19.0. The van der Waals surface area contributed by atoms with Crippen molar-refractivity contribution in [3.63, 3.8) is 0 Å². The molecule has 0 saturated heterocycles. The molecule has 0 aliphatic heterocycles. The van der Waals surface area contributed by atoms with Crippen molar-refractivity contribution in [2.24, 2.45) is 0 Å². The summed E-state index contributed by atoms with van der Waals surface area (Å²) in [4.78, 5) is 5.89. The molecule has 2 N–H and O–H groups in total. The Bertz CT molecular complexity index is 1290. The van der Waals surface area contributed by atoms with E-state index in [-0.39, 0.29) is 5.41 Å². The summed E-state index contributed by atoms with van der Waals surface area (Å²) in [7, 11) is 0. The lowest BCUT2D eigenvalue weighted by Crippen LogP contribution is -2.30. The largest absolute Gasteiger partial charge is 0.281 e. The summed E-state index contributed by atoms with van der Waals surface area (Å²) in [6.07, 6.45) is 7.58. The normalized spacial score (nSPS) is 15.6. The van der Waals surface area contributed by atoms with Gasteiger partial charge in [0.2, 0.25) is 0 Å². The maximum Gasteiger partial charge on any atom is 0.118 e. The van der Waals surface area contributed by atoms with E-state index in [4.69, 9.17) is 9.94 Å². The number of aromatic amines is 1. The Balaban J connectivity index is 1.32. The molecule has 6 rings (SSSR count). The molecule has 168 valence electrons. The second-order valence-corrected chi connectivity index (χ2v) is 9.03. The molecule has 2 aliphatic rings. The number of H-pyrrole nitrogens is 1. The molecule has 0 radical (unpaired) electrons. The number of nitrogens with one attached hydrogen (secondary N) is 2. The fourth-order valence-corrected chi connectivity index (χ4v) is 4.86. The number of hydrogen-bond acceptors (Lipinski definition) is 3. The second kappa shape index (κ2) is 8.81. The van der Waals surface area contributed by atoms with Crippen LogP contribution in [0.1, 0.15) is 46.5 Å². The van der Waals surface area contributed by atoms with E-state index in [9.17, 15) is 0 Å². The number of fused-ring (bicyclic) bond motifs is 1. The van der Waals surface area contributed by atoms with Gasteiger partial charge in [0.05, 0.1) is 12.3 Å². The first-order chi connectivity index (χ1) is 16.8. The van der Waals surface area contributed by atoms with Crippen molar-refractivity contribution in [1.29, 1.82) is 0 Å². The van der Waals surface area contributed by atoms with Crippen molar-refractivity contribution in [1.82, 2.24) is 15.7 Å². The molecule has 1 heterocycles. The van der Waals surface area contributed by atoms with E-state index < -0.39 is 0 Å². The van der Waals surface area contributed by atoms with Gasteiger partial charge in [-0.2, -0.15) is 5.10 Å². The van der Waals surface area contributed by atoms with Gasteiger partial charge in [-0.1, -0.05) is 103 Å². The van der Waals surface area contributed by atoms with Gasteiger partial charge in [0.25, 0.3) is 0 Å². The van der Waals surface area contributed by atoms with Crippen LogP contribution in [0.5, 0.6) is 0 Å². The van der Waals surface area contributed by atoms with E-state index in [1.54, 1.807) is 0 Å². The standard InChI is InChI=1S/C30H27N3O/c1-4-10-22(11-5-1)21-34-33-28(23-16-17-23)29-26-18-19-30(20-27(26)31-32-29,24-12-6-2-7-13-24)25-14-8-3-9-15-25/h1-15,18-19,33H,16-17,20-21H2,(H,31,32). The Morgan fingerprint density at radius 3 is 2.09 bits per heavy atom. The summed E-state index contributed by atoms with van der Waals surface area (Å²) in [6, 6.07) is 31.7. The van der Waals surface area contributed by atoms with Gasteiger partial charge in [0.1, 0.15) is 5.69 Å². The SMILES string of the molecule is C1=CC(c2ccccc2)(c2ccccc2)Cc2[nH]nc(C(NOCc3ccccc3)=C3CC3)c21. The second-order valence-electron chi connectivity index (χ2n) is 9.03. The maximum absolute atomic E-state index is 5.89. The van der Waals surface area contributed by atoms with Gasteiger partial charge in [0, 0.05) is 23.1 Å². The van der Waals surface area contributed by atoms with Crippen molar-refractivity contribution in [3.05, 3.63) is 136 Å². The van der Waals surface area contributed by atoms with Gasteiger partial charge < -0.3 is 0 Å². The molecule has 1 saturated carbocycles. The zero-order chi connectivity index (χ0) is 22.8. The Morgan fingerprint density at radius 2 is 1.47 bits per heavy atom. The fourth-order valence-electron chi connectivity index (χ4n) is 4.86. The number of rotatable bonds is 7. The van der Waals surface area contributed by atoms with Crippen LogP contribution in [0, 0.1) is 0 Å². The van der Waals surface area contributed by atoms with Crippen LogP contribution in [0.25, 0.3) is 11.8 Å². The quantitative estimate of drug-likeness (QED) is 0.333. The number of aromatic nitrogens is 2. The summed E-state index contributed by atoms with van der Waals surface area (Å²) in [5, 5.41) is 8.12. The summed E-state index contributed by atoms with van der Waals surface area (Å²) >= 11 is 0. The minimum absolute atomic E-state index is 0.233. The van der Waals surface area contributed by atoms with E-state index in [0.717, 1.165) is 47.5 Å². The molecule has 0 atom stereocenters. The number of allylic oxidation sites excluding steroid dienone is 2. The monoisotopic (exact) mass is 445 g/mol. The summed E-state index contributed by atoms with van der Waals surface area (Å²) < 4.78 is 0. The predicted molar refractivity (Wildman–Crippen MR) is 136 cm³/mol. The molecular weight excluding hydrogens is 418 g/mol. The van der Waals surface area contributed by atoms with E-state index in [1.165, 1.54) is 16.7 Å². The topological polar surface area (TPSA) is 49.9 Å². The summed E-state index contributed by atoms with van der Waals surface area (Å²) in [5.74, 6) is 0. The van der Waals surface area contributed by atoms with Crippen LogP contribution in [0.3, 0.4) is 0 Å². The van der Waals surface area contributed by atoms with Crippen molar-refractivity contribution in [2.45, 2.75) is 31.3 Å². The lowest BCUT2D eigenvalue weighted by atomic mass is 9.68. The molecule has 0 bridgehead atoms. The minimum Gasteiger partial charge on any atom is -0.281 e. The molecule has 0 amide bonds. The fraction of sp³-hybridized carbons (Fsp3) is 0.167. The average molecular weight is 446 g/mol. The maximum atomic E-state index is 5.89. The van der Waals surface area contributed by atoms with Crippen molar-refractivity contribution >= 4 is 11.8 Å². The van der Waals surface area contributed by atoms with Crippen LogP contribution in [0.4, 0.5) is 0 Å². The Hall–Kier alpha value is -3.89. The molecule has 1 fully saturated rings. The van der Waals surface area contributed by atoms with E-state index >= 15 is 0 Å². The smallest absolute Gasteiger partial charge is 0.118 e. The first-order valence-electron chi connectivity index (χ1n) is 11.9. The molecule has 4 heteroatoms. The molecule has 4 nitrogen and oxygen atoms in total. The van der Waals surface area contributed by atoms with Gasteiger partial charge in [0.15, 0.2) is 0 Å². The van der Waals surface area contributed by atoms with Crippen LogP contribution in [-0.4, -0.2) is 10.2 Å². The van der Waals surface area contributed by atoms with Crippen molar-refractivity contribution in [3.8, 4) is 0 Å². The van der Waals surface area contributed by atoms with Gasteiger partial charge in [-0.25, -0.2) is 0 Å². The highest BCUT2D eigenvalue weighted by Crippen LogP contribution is 2.43. The Morgan fingerprint density at radius 1 is 0.853 bits per heavy atom. The first-order valence-corrected chi connectivity index (χ1v) is 11.9. The molecule has 1 aromatic heterocycles. The predicted octanol–water partition coefficient (Wildman–Crippen LogP) is 6.19. The van der Waals surface area contributed by atoms with E-state index in [0.29, 0.717) is 6.61 Å². The summed E-state index contributed by atoms with van der Waals surface area (Å²) in [5.41, 5.74) is 12.3. The van der Waals surface area contributed by atoms with Gasteiger partial charge in [-0.05, 0) is 35.1 Å². The van der Waals surface area contributed by atoms with Crippen molar-refractivity contribution in [2.75, 3.05) is 0 Å². The van der Waals surface area contributed by atoms with Crippen LogP contribution >= 0.6 is 0 Å². The average Bonchev–Trinajstić information content (AvgIpc) is 3.67. The van der Waals surface area contributed by atoms with Gasteiger partial charge in [-0.15, -0.1) is 0 Å². The van der Waals surface area contributed by atoms with E-state index in [2.05, 4.69) is 95.5 Å². The van der Waals surface area contributed by atoms with Crippen LogP contribution in [0.2, 0.25) is 0 Å². The number of nitrogens with zero attached hydrogens (tertiary/aromatic N) is 1. The molecule has 0 spiro atoms. The Kier molecular flexibility index (Phi) is 5.36. The van der Waals surface area contributed by atoms with Gasteiger partial charge >= 0.3 is 0 Å². The third-order valence-corrected chi connectivity index (χ3v) is 6.80. The first kappa shape index (κ1) is 20.7. The van der Waals surface area contributed by atoms with Crippen LogP contribution in [-0.2, 0) is 23.3 Å². The molecule has 0 unspecified atom stereocenters. The summed E-state index contributed by atoms with van der Waals surface area (Å²) in [6.45, 7) is 0.505. The van der Waals surface area contributed by atoms with Crippen LogP contribution in [0.15, 0.2) is 103 Å². The highest BCUT2D eigenvalue weighted by molar-refractivity contribution is 5.77. The number of hydroxylamine groups is 1. The van der Waals surface area contributed by atoms with E-state index in [1.807, 2.05) is 18.2 Å². The van der Waals surface area contributed by atoms with Crippen LogP contribution < -0.4 is 5.48 Å². The molecule has 34 heavy (non-hydrogen) atoms. The third kappa shape index (κ3) is 3.87. The molecule has 3 aromatic carbocycles. The highest BCUT2D eigenvalue weighted by Gasteiger charge is 2.37. The highest BCUT2D eigenvalue weighted by atomic mass is 16.6. The molecule has 4 aromatic rings. The third-order valence-electron chi connectivity index (χ3n) is 6.80. The Labute approximate surface area is 200 Å². The lowest BCUT2D eigenvalue weighted by molar-refractivity contribution is 0.0642. The zero-order valence-electron chi connectivity index (χ0n) is 19.0. The molecular formula is C30H27N3O. The molecule has 2 aliphatic carbocycles. The van der Waals surface area contributed by atoms with Gasteiger partial charge in [-0.3, -0.25) is 15.4 Å². The number of hydrogen-bond donors (Lipinski definition) is 2. The number of benzene rings is 3. The lowest BCUT2D eigenvalue weighted by Gasteiger charge is -2.34. The minimum atomic E-state index is -0.233.